The van der Waals surface area contributed by atoms with E-state index in [0.29, 0.717) is 42.1 Å². The molecule has 4 rings (SSSR count). The predicted octanol–water partition coefficient (Wildman–Crippen LogP) is 1.97. The third-order valence-corrected chi connectivity index (χ3v) is 6.59. The Kier molecular flexibility index (Phi) is 5.43. The second-order valence-electron chi connectivity index (χ2n) is 6.25. The largest absolute Gasteiger partial charge is 0.474 e. The SMILES string of the molecule is COCCOc1ncccc1NC(=O)c1ccc2c(c1)SC1=NS(=O)(=O)CCN12. The molecule has 0 unspecified atom stereocenters. The summed E-state index contributed by atoms with van der Waals surface area (Å²) in [5.74, 6) is -0.0338. The van der Waals surface area contributed by atoms with Crippen LogP contribution in [-0.2, 0) is 14.8 Å². The summed E-state index contributed by atoms with van der Waals surface area (Å²) in [6, 6.07) is 8.63. The van der Waals surface area contributed by atoms with E-state index in [1.165, 1.54) is 11.8 Å². The lowest BCUT2D eigenvalue weighted by Crippen LogP contribution is -2.35. The first-order valence-electron chi connectivity index (χ1n) is 8.77. The number of amidine groups is 1. The van der Waals surface area contributed by atoms with Gasteiger partial charge in [0.1, 0.15) is 12.3 Å². The second kappa shape index (κ2) is 8.01. The summed E-state index contributed by atoms with van der Waals surface area (Å²) < 4.78 is 37.8. The average Bonchev–Trinajstić information content (AvgIpc) is 3.04. The van der Waals surface area contributed by atoms with Gasteiger partial charge in [0.05, 0.1) is 18.0 Å². The minimum absolute atomic E-state index is 0.0222. The summed E-state index contributed by atoms with van der Waals surface area (Å²) in [5, 5.41) is 3.23. The molecule has 11 heteroatoms. The van der Waals surface area contributed by atoms with Crippen molar-refractivity contribution < 1.29 is 22.7 Å². The summed E-state index contributed by atoms with van der Waals surface area (Å²) in [6.45, 7) is 1.07. The van der Waals surface area contributed by atoms with Gasteiger partial charge in [-0.05, 0) is 42.1 Å². The smallest absolute Gasteiger partial charge is 0.257 e. The number of fused-ring (bicyclic) bond motifs is 3. The molecule has 0 saturated carbocycles. The van der Waals surface area contributed by atoms with Gasteiger partial charge in [-0.25, -0.2) is 13.4 Å². The minimum atomic E-state index is -3.42. The van der Waals surface area contributed by atoms with Gasteiger partial charge < -0.3 is 19.7 Å². The Morgan fingerprint density at radius 1 is 1.31 bits per heavy atom. The van der Waals surface area contributed by atoms with Crippen molar-refractivity contribution >= 4 is 44.2 Å². The molecule has 2 aliphatic heterocycles. The highest BCUT2D eigenvalue weighted by Gasteiger charge is 2.33. The summed E-state index contributed by atoms with van der Waals surface area (Å²) in [4.78, 5) is 19.5. The van der Waals surface area contributed by atoms with Gasteiger partial charge in [-0.1, -0.05) is 0 Å². The number of methoxy groups -OCH3 is 1. The molecule has 0 radical (unpaired) electrons. The number of amides is 1. The van der Waals surface area contributed by atoms with E-state index >= 15 is 0 Å². The fraction of sp³-hybridized carbons (Fsp3) is 0.278. The maximum absolute atomic E-state index is 12.7. The van der Waals surface area contributed by atoms with E-state index in [2.05, 4.69) is 14.7 Å². The third-order valence-electron chi connectivity index (χ3n) is 4.28. The van der Waals surface area contributed by atoms with Crippen molar-refractivity contribution in [1.82, 2.24) is 4.98 Å². The number of pyridine rings is 1. The number of rotatable bonds is 6. The Balaban J connectivity index is 1.53. The van der Waals surface area contributed by atoms with Crippen LogP contribution < -0.4 is 15.0 Å². The van der Waals surface area contributed by atoms with Crippen LogP contribution in [0.5, 0.6) is 5.88 Å². The molecule has 0 atom stereocenters. The van der Waals surface area contributed by atoms with Crippen LogP contribution in [0.25, 0.3) is 0 Å². The fourth-order valence-electron chi connectivity index (χ4n) is 2.89. The van der Waals surface area contributed by atoms with Crippen LogP contribution in [0.4, 0.5) is 11.4 Å². The van der Waals surface area contributed by atoms with Crippen molar-refractivity contribution in [2.75, 3.05) is 42.8 Å². The van der Waals surface area contributed by atoms with Crippen LogP contribution in [0.1, 0.15) is 10.4 Å². The first-order valence-corrected chi connectivity index (χ1v) is 11.2. The summed E-state index contributed by atoms with van der Waals surface area (Å²) in [6.07, 6.45) is 1.58. The number of aromatic nitrogens is 1. The van der Waals surface area contributed by atoms with E-state index in [4.69, 9.17) is 9.47 Å². The Bertz CT molecular complexity index is 1090. The van der Waals surface area contributed by atoms with Gasteiger partial charge in [-0.3, -0.25) is 4.79 Å². The van der Waals surface area contributed by atoms with Gasteiger partial charge in [0, 0.05) is 30.3 Å². The Morgan fingerprint density at radius 3 is 3.00 bits per heavy atom. The van der Waals surface area contributed by atoms with Crippen LogP contribution >= 0.6 is 11.8 Å². The molecule has 1 aromatic heterocycles. The van der Waals surface area contributed by atoms with Crippen molar-refractivity contribution in [3.63, 3.8) is 0 Å². The lowest BCUT2D eigenvalue weighted by molar-refractivity contribution is 0.102. The molecule has 2 aliphatic rings. The van der Waals surface area contributed by atoms with Gasteiger partial charge in [-0.15, -0.1) is 4.40 Å². The molecule has 0 spiro atoms. The van der Waals surface area contributed by atoms with E-state index in [0.717, 1.165) is 10.6 Å². The van der Waals surface area contributed by atoms with Gasteiger partial charge in [0.25, 0.3) is 15.9 Å². The maximum atomic E-state index is 12.7. The first kappa shape index (κ1) is 19.7. The lowest BCUT2D eigenvalue weighted by Gasteiger charge is -2.22. The van der Waals surface area contributed by atoms with Crippen LogP contribution in [0.15, 0.2) is 45.8 Å². The van der Waals surface area contributed by atoms with E-state index < -0.39 is 10.0 Å². The molecule has 29 heavy (non-hydrogen) atoms. The molecule has 0 fully saturated rings. The molecule has 3 heterocycles. The summed E-state index contributed by atoms with van der Waals surface area (Å²) in [5.41, 5.74) is 1.74. The molecule has 1 aromatic carbocycles. The number of hydrogen-bond acceptors (Lipinski definition) is 8. The first-order chi connectivity index (χ1) is 14.0. The third kappa shape index (κ3) is 4.21. The summed E-state index contributed by atoms with van der Waals surface area (Å²) >= 11 is 1.24. The van der Waals surface area contributed by atoms with Crippen molar-refractivity contribution in [3.05, 3.63) is 42.1 Å². The zero-order valence-electron chi connectivity index (χ0n) is 15.5. The molecule has 1 amide bonds. The Morgan fingerprint density at radius 2 is 2.17 bits per heavy atom. The monoisotopic (exact) mass is 434 g/mol. The summed E-state index contributed by atoms with van der Waals surface area (Å²) in [7, 11) is -1.85. The number of nitrogens with zero attached hydrogens (tertiary/aromatic N) is 3. The van der Waals surface area contributed by atoms with E-state index in [1.54, 1.807) is 43.6 Å². The highest BCUT2D eigenvalue weighted by Crippen LogP contribution is 2.42. The normalized spacial score (nSPS) is 16.6. The molecule has 2 aromatic rings. The maximum Gasteiger partial charge on any atom is 0.257 e. The van der Waals surface area contributed by atoms with E-state index in [1.807, 2.05) is 4.90 Å². The average molecular weight is 434 g/mol. The van der Waals surface area contributed by atoms with Gasteiger partial charge in [0.2, 0.25) is 5.88 Å². The zero-order chi connectivity index (χ0) is 20.4. The zero-order valence-corrected chi connectivity index (χ0v) is 17.1. The fourth-order valence-corrected chi connectivity index (χ4v) is 5.19. The van der Waals surface area contributed by atoms with Crippen LogP contribution in [-0.4, -0.2) is 57.1 Å². The number of carbonyl (C=O) groups excluding carboxylic acids is 1. The van der Waals surface area contributed by atoms with E-state index in [9.17, 15) is 13.2 Å². The van der Waals surface area contributed by atoms with Gasteiger partial charge in [0.15, 0.2) is 5.17 Å². The van der Waals surface area contributed by atoms with Gasteiger partial charge >= 0.3 is 0 Å². The second-order valence-corrected chi connectivity index (χ2v) is 9.01. The van der Waals surface area contributed by atoms with E-state index in [-0.39, 0.29) is 11.7 Å². The van der Waals surface area contributed by atoms with Crippen molar-refractivity contribution in [2.24, 2.45) is 4.40 Å². The molecule has 152 valence electrons. The number of benzene rings is 1. The molecule has 1 N–H and O–H groups in total. The van der Waals surface area contributed by atoms with Gasteiger partial charge in [-0.2, -0.15) is 0 Å². The molecule has 0 bridgehead atoms. The van der Waals surface area contributed by atoms with Crippen LogP contribution in [0.2, 0.25) is 0 Å². The Labute approximate surface area is 172 Å². The number of hydrogen-bond donors (Lipinski definition) is 1. The molecule has 9 nitrogen and oxygen atoms in total. The minimum Gasteiger partial charge on any atom is -0.474 e. The number of thioether (sulfide) groups is 1. The molecular weight excluding hydrogens is 416 g/mol. The number of anilines is 2. The number of ether oxygens (including phenoxy) is 2. The van der Waals surface area contributed by atoms with Crippen LogP contribution in [0.3, 0.4) is 0 Å². The lowest BCUT2D eigenvalue weighted by atomic mass is 10.1. The Hall–Kier alpha value is -2.63. The number of nitrogens with one attached hydrogen (secondary N) is 1. The number of carbonyl (C=O) groups is 1. The predicted molar refractivity (Wildman–Crippen MR) is 110 cm³/mol. The standard InChI is InChI=1S/C18H18N4O5S2/c1-26-8-9-27-17-13(3-2-6-19-17)20-16(23)12-4-5-14-15(11-12)28-18-21-29(24,25)10-7-22(14)18/h2-6,11H,7-10H2,1H3,(H,20,23). The van der Waals surface area contributed by atoms with Crippen molar-refractivity contribution in [2.45, 2.75) is 4.90 Å². The topological polar surface area (TPSA) is 110 Å². The van der Waals surface area contributed by atoms with Crippen LogP contribution in [0, 0.1) is 0 Å². The quantitative estimate of drug-likeness (QED) is 0.687. The number of sulfonamides is 1. The molecule has 0 aliphatic carbocycles. The van der Waals surface area contributed by atoms with Crippen molar-refractivity contribution in [3.8, 4) is 5.88 Å². The highest BCUT2D eigenvalue weighted by atomic mass is 32.2. The highest BCUT2D eigenvalue weighted by molar-refractivity contribution is 8.15. The van der Waals surface area contributed by atoms with Crippen molar-refractivity contribution in [1.29, 1.82) is 0 Å². The molecule has 0 saturated heterocycles. The molecular formula is C18H18N4O5S2.